The number of nitrogens with two attached hydrogens (primary N) is 1. The molecular weight excluding hydrogens is 322 g/mol. The molecule has 0 radical (unpaired) electrons. The average molecular weight is 347 g/mol. The molecule has 1 aliphatic rings. The summed E-state index contributed by atoms with van der Waals surface area (Å²) in [5.41, 5.74) is 6.62. The lowest BCUT2D eigenvalue weighted by Crippen LogP contribution is -2.36. The molecule has 24 heavy (non-hydrogen) atoms. The Balaban J connectivity index is 2.34. The number of hydrogen-bond acceptors (Lipinski definition) is 4. The van der Waals surface area contributed by atoms with Gasteiger partial charge in [0.15, 0.2) is 0 Å². The van der Waals surface area contributed by atoms with Crippen LogP contribution >= 0.6 is 11.3 Å². The van der Waals surface area contributed by atoms with E-state index in [0.29, 0.717) is 23.5 Å². The van der Waals surface area contributed by atoms with Gasteiger partial charge in [-0.1, -0.05) is 27.7 Å². The Kier molecular flexibility index (Phi) is 4.51. The number of thiophene rings is 1. The van der Waals surface area contributed by atoms with Gasteiger partial charge in [-0.05, 0) is 37.2 Å². The molecule has 2 aromatic rings. The lowest BCUT2D eigenvalue weighted by atomic mass is 9.89. The maximum atomic E-state index is 13.3. The molecule has 3 rings (SSSR count). The summed E-state index contributed by atoms with van der Waals surface area (Å²) in [7, 11) is 0. The van der Waals surface area contributed by atoms with Gasteiger partial charge in [-0.25, -0.2) is 4.98 Å². The van der Waals surface area contributed by atoms with Crippen molar-refractivity contribution in [2.45, 2.75) is 65.3 Å². The smallest absolute Gasteiger partial charge is 0.263 e. The number of amides is 1. The molecule has 2 aromatic heterocycles. The summed E-state index contributed by atoms with van der Waals surface area (Å²) in [5, 5.41) is 0.714. The van der Waals surface area contributed by atoms with Crippen LogP contribution in [0, 0.1) is 5.92 Å². The lowest BCUT2D eigenvalue weighted by Gasteiger charge is -2.21. The Labute approximate surface area is 145 Å². The zero-order valence-electron chi connectivity index (χ0n) is 14.8. The number of carbonyl (C=O) groups excluding carboxylic acids is 1. The second-order valence-corrected chi connectivity index (χ2v) is 8.24. The molecule has 1 amide bonds. The van der Waals surface area contributed by atoms with Crippen LogP contribution in [0.15, 0.2) is 4.79 Å². The van der Waals surface area contributed by atoms with Gasteiger partial charge in [0.2, 0.25) is 5.91 Å². The van der Waals surface area contributed by atoms with Crippen LogP contribution in [0.25, 0.3) is 10.2 Å². The molecule has 0 saturated heterocycles. The van der Waals surface area contributed by atoms with Crippen molar-refractivity contribution in [3.05, 3.63) is 26.6 Å². The summed E-state index contributed by atoms with van der Waals surface area (Å²) in [4.78, 5) is 32.1. The van der Waals surface area contributed by atoms with Gasteiger partial charge >= 0.3 is 0 Å². The standard InChI is InChI=1S/C18H25N3O2S/c1-5-12(15(19)22)21-16(9(2)3)20-17-14(18(21)23)11-7-6-10(4)8-13(11)24-17/h9-10,12H,5-8H2,1-4H3,(H2,19,22). The highest BCUT2D eigenvalue weighted by atomic mass is 32.1. The normalized spacial score (nSPS) is 18.8. The van der Waals surface area contributed by atoms with Crippen molar-refractivity contribution < 1.29 is 4.79 Å². The summed E-state index contributed by atoms with van der Waals surface area (Å²) in [5.74, 6) is 0.880. The second-order valence-electron chi connectivity index (χ2n) is 7.16. The fourth-order valence-corrected chi connectivity index (χ4v) is 5.02. The monoisotopic (exact) mass is 347 g/mol. The van der Waals surface area contributed by atoms with E-state index in [4.69, 9.17) is 10.7 Å². The number of carbonyl (C=O) groups is 1. The van der Waals surface area contributed by atoms with Crippen LogP contribution < -0.4 is 11.3 Å². The first-order valence-corrected chi connectivity index (χ1v) is 9.52. The average Bonchev–Trinajstić information content (AvgIpc) is 2.86. The third kappa shape index (κ3) is 2.66. The number of primary amides is 1. The van der Waals surface area contributed by atoms with Crippen LogP contribution in [0.1, 0.15) is 68.8 Å². The van der Waals surface area contributed by atoms with Gasteiger partial charge < -0.3 is 5.73 Å². The van der Waals surface area contributed by atoms with E-state index in [9.17, 15) is 9.59 Å². The second kappa shape index (κ2) is 6.31. The van der Waals surface area contributed by atoms with E-state index in [2.05, 4.69) is 6.92 Å². The lowest BCUT2D eigenvalue weighted by molar-refractivity contribution is -0.121. The quantitative estimate of drug-likeness (QED) is 0.923. The Bertz CT molecular complexity index is 850. The van der Waals surface area contributed by atoms with Crippen LogP contribution in [-0.2, 0) is 17.6 Å². The van der Waals surface area contributed by atoms with Crippen molar-refractivity contribution in [3.63, 3.8) is 0 Å². The Morgan fingerprint density at radius 3 is 2.75 bits per heavy atom. The molecule has 2 atom stereocenters. The van der Waals surface area contributed by atoms with Crippen LogP contribution in [0.2, 0.25) is 0 Å². The first-order chi connectivity index (χ1) is 11.3. The van der Waals surface area contributed by atoms with Gasteiger partial charge in [-0.15, -0.1) is 11.3 Å². The third-order valence-electron chi connectivity index (χ3n) is 4.93. The van der Waals surface area contributed by atoms with E-state index in [-0.39, 0.29) is 11.5 Å². The summed E-state index contributed by atoms with van der Waals surface area (Å²) in [6, 6.07) is -0.634. The number of aromatic nitrogens is 2. The predicted octanol–water partition coefficient (Wildman–Crippen LogP) is 3.14. The van der Waals surface area contributed by atoms with Crippen molar-refractivity contribution >= 4 is 27.5 Å². The largest absolute Gasteiger partial charge is 0.368 e. The number of nitrogens with zero attached hydrogens (tertiary/aromatic N) is 2. The minimum absolute atomic E-state index is 0.0496. The van der Waals surface area contributed by atoms with E-state index in [0.717, 1.165) is 29.7 Å². The molecule has 0 aromatic carbocycles. The van der Waals surface area contributed by atoms with E-state index in [1.54, 1.807) is 15.9 Å². The maximum Gasteiger partial charge on any atom is 0.263 e. The molecule has 1 aliphatic carbocycles. The zero-order chi connectivity index (χ0) is 17.6. The summed E-state index contributed by atoms with van der Waals surface area (Å²) >= 11 is 1.65. The van der Waals surface area contributed by atoms with Crippen LogP contribution in [0.5, 0.6) is 0 Å². The van der Waals surface area contributed by atoms with E-state index in [1.165, 1.54) is 4.88 Å². The molecule has 2 unspecified atom stereocenters. The van der Waals surface area contributed by atoms with Crippen LogP contribution in [0.4, 0.5) is 0 Å². The molecule has 0 fully saturated rings. The third-order valence-corrected chi connectivity index (χ3v) is 6.08. The number of hydrogen-bond donors (Lipinski definition) is 1. The molecule has 0 aliphatic heterocycles. The minimum Gasteiger partial charge on any atom is -0.368 e. The molecule has 2 N–H and O–H groups in total. The van der Waals surface area contributed by atoms with Crippen molar-refractivity contribution in [1.82, 2.24) is 9.55 Å². The topological polar surface area (TPSA) is 78.0 Å². The minimum atomic E-state index is -0.634. The predicted molar refractivity (Wildman–Crippen MR) is 97.7 cm³/mol. The van der Waals surface area contributed by atoms with E-state index >= 15 is 0 Å². The van der Waals surface area contributed by atoms with Crippen molar-refractivity contribution in [3.8, 4) is 0 Å². The van der Waals surface area contributed by atoms with Crippen LogP contribution in [-0.4, -0.2) is 15.5 Å². The molecule has 130 valence electrons. The summed E-state index contributed by atoms with van der Waals surface area (Å²) in [6.07, 6.45) is 3.52. The van der Waals surface area contributed by atoms with Crippen molar-refractivity contribution in [2.24, 2.45) is 11.7 Å². The van der Waals surface area contributed by atoms with E-state index in [1.807, 2.05) is 20.8 Å². The fraction of sp³-hybridized carbons (Fsp3) is 0.611. The Morgan fingerprint density at radius 1 is 1.46 bits per heavy atom. The molecule has 0 bridgehead atoms. The summed E-state index contributed by atoms with van der Waals surface area (Å²) < 4.78 is 1.56. The maximum absolute atomic E-state index is 13.3. The Hall–Kier alpha value is -1.69. The van der Waals surface area contributed by atoms with Gasteiger partial charge in [0, 0.05) is 10.8 Å². The molecule has 0 spiro atoms. The first-order valence-electron chi connectivity index (χ1n) is 8.71. The Morgan fingerprint density at radius 2 is 2.17 bits per heavy atom. The molecule has 6 heteroatoms. The summed E-state index contributed by atoms with van der Waals surface area (Å²) in [6.45, 7) is 8.11. The van der Waals surface area contributed by atoms with Gasteiger partial charge in [0.25, 0.3) is 5.56 Å². The highest BCUT2D eigenvalue weighted by Gasteiger charge is 2.28. The SMILES string of the molecule is CCC(C(N)=O)n1c(C(C)C)nc2sc3c(c2c1=O)CCC(C)C3. The van der Waals surface area contributed by atoms with Gasteiger partial charge in [0.05, 0.1) is 5.39 Å². The fourth-order valence-electron chi connectivity index (χ4n) is 3.64. The van der Waals surface area contributed by atoms with Gasteiger partial charge in [0.1, 0.15) is 16.7 Å². The highest BCUT2D eigenvalue weighted by molar-refractivity contribution is 7.18. The number of fused-ring (bicyclic) bond motifs is 3. The highest BCUT2D eigenvalue weighted by Crippen LogP contribution is 2.36. The first kappa shape index (κ1) is 17.1. The van der Waals surface area contributed by atoms with Crippen molar-refractivity contribution in [1.29, 1.82) is 0 Å². The number of aryl methyl sites for hydroxylation is 1. The van der Waals surface area contributed by atoms with Crippen molar-refractivity contribution in [2.75, 3.05) is 0 Å². The molecular formula is C18H25N3O2S. The zero-order valence-corrected chi connectivity index (χ0v) is 15.6. The molecule has 2 heterocycles. The van der Waals surface area contributed by atoms with Gasteiger partial charge in [-0.3, -0.25) is 14.2 Å². The number of rotatable bonds is 4. The van der Waals surface area contributed by atoms with Crippen LogP contribution in [0.3, 0.4) is 0 Å². The van der Waals surface area contributed by atoms with E-state index < -0.39 is 11.9 Å². The molecule has 0 saturated carbocycles. The van der Waals surface area contributed by atoms with Gasteiger partial charge in [-0.2, -0.15) is 0 Å². The molecule has 5 nitrogen and oxygen atoms in total.